The number of hydrogen-bond acceptors (Lipinski definition) is 4. The monoisotopic (exact) mass is 295 g/mol. The minimum Gasteiger partial charge on any atom is -0.486 e. The molecule has 0 radical (unpaired) electrons. The summed E-state index contributed by atoms with van der Waals surface area (Å²) in [6, 6.07) is 5.20. The maximum Gasteiger partial charge on any atom is 0.140 e. The molecule has 0 aliphatic heterocycles. The number of thiazole rings is 1. The quantitative estimate of drug-likeness (QED) is 0.671. The molecule has 0 aliphatic rings. The fourth-order valence-corrected chi connectivity index (χ4v) is 2.74. The van der Waals surface area contributed by atoms with Gasteiger partial charge in [-0.05, 0) is 26.0 Å². The van der Waals surface area contributed by atoms with Crippen LogP contribution in [0.25, 0.3) is 0 Å². The van der Waals surface area contributed by atoms with E-state index in [1.54, 1.807) is 29.5 Å². The van der Waals surface area contributed by atoms with Crippen molar-refractivity contribution in [3.8, 4) is 5.75 Å². The topological polar surface area (TPSA) is 72.0 Å². The summed E-state index contributed by atoms with van der Waals surface area (Å²) in [5.74, 6) is 0.401. The van der Waals surface area contributed by atoms with Crippen LogP contribution < -0.4 is 10.5 Å². The predicted octanol–water partition coefficient (Wildman–Crippen LogP) is 3.28. The molecular formula is C13H14ClN3OS. The van der Waals surface area contributed by atoms with Crippen LogP contribution in [0.5, 0.6) is 5.75 Å². The van der Waals surface area contributed by atoms with E-state index in [1.807, 2.05) is 13.8 Å². The molecule has 6 heteroatoms. The van der Waals surface area contributed by atoms with E-state index >= 15 is 0 Å². The van der Waals surface area contributed by atoms with Crippen LogP contribution in [0.3, 0.4) is 0 Å². The van der Waals surface area contributed by atoms with E-state index in [4.69, 9.17) is 27.5 Å². The van der Waals surface area contributed by atoms with E-state index in [1.165, 1.54) is 4.88 Å². The summed E-state index contributed by atoms with van der Waals surface area (Å²) in [4.78, 5) is 5.58. The van der Waals surface area contributed by atoms with Crippen molar-refractivity contribution in [1.82, 2.24) is 4.98 Å². The third-order valence-corrected chi connectivity index (χ3v) is 4.03. The molecule has 1 aromatic heterocycles. The number of halogens is 1. The number of aromatic nitrogens is 1. The van der Waals surface area contributed by atoms with Crippen molar-refractivity contribution < 1.29 is 4.74 Å². The summed E-state index contributed by atoms with van der Waals surface area (Å²) in [5.41, 5.74) is 6.96. The number of benzene rings is 1. The highest BCUT2D eigenvalue weighted by molar-refractivity contribution is 7.11. The van der Waals surface area contributed by atoms with Crippen LogP contribution in [-0.4, -0.2) is 10.8 Å². The highest BCUT2D eigenvalue weighted by Crippen LogP contribution is 2.27. The molecular weight excluding hydrogens is 282 g/mol. The molecule has 0 fully saturated rings. The van der Waals surface area contributed by atoms with Crippen molar-refractivity contribution in [2.75, 3.05) is 0 Å². The predicted molar refractivity (Wildman–Crippen MR) is 78.4 cm³/mol. The number of nitrogens with one attached hydrogen (secondary N) is 1. The van der Waals surface area contributed by atoms with Gasteiger partial charge in [-0.25, -0.2) is 4.98 Å². The SMILES string of the molecule is Cc1nc(COc2cccc(Cl)c2C(=N)N)sc1C. The molecule has 2 aromatic rings. The van der Waals surface area contributed by atoms with Crippen LogP contribution in [-0.2, 0) is 6.61 Å². The van der Waals surface area contributed by atoms with E-state index < -0.39 is 0 Å². The zero-order valence-electron chi connectivity index (χ0n) is 10.7. The van der Waals surface area contributed by atoms with E-state index in [0.717, 1.165) is 10.7 Å². The van der Waals surface area contributed by atoms with Crippen LogP contribution >= 0.6 is 22.9 Å². The lowest BCUT2D eigenvalue weighted by atomic mass is 10.2. The van der Waals surface area contributed by atoms with Crippen molar-refractivity contribution in [2.45, 2.75) is 20.5 Å². The van der Waals surface area contributed by atoms with Gasteiger partial charge in [0.2, 0.25) is 0 Å². The van der Waals surface area contributed by atoms with Gasteiger partial charge in [-0.1, -0.05) is 17.7 Å². The smallest absolute Gasteiger partial charge is 0.140 e. The van der Waals surface area contributed by atoms with E-state index in [2.05, 4.69) is 4.98 Å². The van der Waals surface area contributed by atoms with Gasteiger partial charge in [0, 0.05) is 4.88 Å². The standard InChI is InChI=1S/C13H14ClN3OS/c1-7-8(2)19-11(17-7)6-18-10-5-3-4-9(14)12(10)13(15)16/h3-5H,6H2,1-2H3,(H3,15,16). The van der Waals surface area contributed by atoms with Crippen molar-refractivity contribution in [2.24, 2.45) is 5.73 Å². The number of ether oxygens (including phenoxy) is 1. The number of aryl methyl sites for hydroxylation is 2. The second-order valence-electron chi connectivity index (χ2n) is 4.06. The first kappa shape index (κ1) is 13.8. The Morgan fingerprint density at radius 2 is 2.21 bits per heavy atom. The first-order chi connectivity index (χ1) is 8.99. The first-order valence-electron chi connectivity index (χ1n) is 5.67. The molecule has 100 valence electrons. The van der Waals surface area contributed by atoms with Gasteiger partial charge in [0.05, 0.1) is 16.3 Å². The maximum atomic E-state index is 7.54. The number of rotatable bonds is 4. The summed E-state index contributed by atoms with van der Waals surface area (Å²) >= 11 is 7.62. The molecule has 3 N–H and O–H groups in total. The Morgan fingerprint density at radius 1 is 1.47 bits per heavy atom. The first-order valence-corrected chi connectivity index (χ1v) is 6.87. The summed E-state index contributed by atoms with van der Waals surface area (Å²) in [6.07, 6.45) is 0. The Morgan fingerprint density at radius 3 is 2.79 bits per heavy atom. The fraction of sp³-hybridized carbons (Fsp3) is 0.231. The molecule has 0 unspecified atom stereocenters. The summed E-state index contributed by atoms with van der Waals surface area (Å²) in [5, 5.41) is 8.85. The molecule has 4 nitrogen and oxygen atoms in total. The zero-order chi connectivity index (χ0) is 14.0. The van der Waals surface area contributed by atoms with Gasteiger partial charge >= 0.3 is 0 Å². The van der Waals surface area contributed by atoms with Gasteiger partial charge < -0.3 is 10.5 Å². The molecule has 0 spiro atoms. The molecule has 2 rings (SSSR count). The summed E-state index contributed by atoms with van der Waals surface area (Å²) in [7, 11) is 0. The molecule has 0 aliphatic carbocycles. The van der Waals surface area contributed by atoms with Crippen LogP contribution in [0.1, 0.15) is 21.1 Å². The van der Waals surface area contributed by atoms with Gasteiger partial charge in [0.25, 0.3) is 0 Å². The normalized spacial score (nSPS) is 10.5. The van der Waals surface area contributed by atoms with E-state index in [0.29, 0.717) is 22.9 Å². The number of hydrogen-bond donors (Lipinski definition) is 2. The molecule has 0 saturated carbocycles. The van der Waals surface area contributed by atoms with Crippen LogP contribution in [0.4, 0.5) is 0 Å². The Kier molecular flexibility index (Phi) is 4.07. The minimum absolute atomic E-state index is 0.105. The minimum atomic E-state index is -0.105. The average Bonchev–Trinajstić information content (AvgIpc) is 2.65. The van der Waals surface area contributed by atoms with Gasteiger partial charge in [0.15, 0.2) is 0 Å². The highest BCUT2D eigenvalue weighted by Gasteiger charge is 2.12. The third kappa shape index (κ3) is 3.05. The summed E-state index contributed by atoms with van der Waals surface area (Å²) in [6.45, 7) is 4.34. The van der Waals surface area contributed by atoms with E-state index in [9.17, 15) is 0 Å². The number of amidine groups is 1. The lowest BCUT2D eigenvalue weighted by Gasteiger charge is -2.10. The van der Waals surface area contributed by atoms with Crippen LogP contribution in [0.15, 0.2) is 18.2 Å². The molecule has 1 heterocycles. The van der Waals surface area contributed by atoms with E-state index in [-0.39, 0.29) is 5.84 Å². The highest BCUT2D eigenvalue weighted by atomic mass is 35.5. The molecule has 19 heavy (non-hydrogen) atoms. The molecule has 0 bridgehead atoms. The van der Waals surface area contributed by atoms with Gasteiger partial charge in [0.1, 0.15) is 23.2 Å². The lowest BCUT2D eigenvalue weighted by molar-refractivity contribution is 0.305. The zero-order valence-corrected chi connectivity index (χ0v) is 12.2. The van der Waals surface area contributed by atoms with Crippen molar-refractivity contribution in [3.05, 3.63) is 44.4 Å². The van der Waals surface area contributed by atoms with Gasteiger partial charge in [-0.2, -0.15) is 0 Å². The van der Waals surface area contributed by atoms with Crippen molar-refractivity contribution in [3.63, 3.8) is 0 Å². The summed E-state index contributed by atoms with van der Waals surface area (Å²) < 4.78 is 5.68. The second-order valence-corrected chi connectivity index (χ2v) is 5.76. The average molecular weight is 296 g/mol. The van der Waals surface area contributed by atoms with Gasteiger partial charge in [-0.3, -0.25) is 5.41 Å². The Bertz CT molecular complexity index is 605. The largest absolute Gasteiger partial charge is 0.486 e. The second kappa shape index (κ2) is 5.59. The number of nitrogens with two attached hydrogens (primary N) is 1. The number of nitrogens with zero attached hydrogens (tertiary/aromatic N) is 1. The maximum absolute atomic E-state index is 7.54. The molecule has 0 amide bonds. The molecule has 0 saturated heterocycles. The Hall–Kier alpha value is -1.59. The lowest BCUT2D eigenvalue weighted by Crippen LogP contribution is -2.13. The fourth-order valence-electron chi connectivity index (χ4n) is 1.63. The van der Waals surface area contributed by atoms with Crippen LogP contribution in [0, 0.1) is 19.3 Å². The van der Waals surface area contributed by atoms with Crippen molar-refractivity contribution >= 4 is 28.8 Å². The molecule has 0 atom stereocenters. The van der Waals surface area contributed by atoms with Crippen molar-refractivity contribution in [1.29, 1.82) is 5.41 Å². The third-order valence-electron chi connectivity index (χ3n) is 2.67. The Balaban J connectivity index is 2.20. The van der Waals surface area contributed by atoms with Gasteiger partial charge in [-0.15, -0.1) is 11.3 Å². The molecule has 1 aromatic carbocycles. The number of nitrogen functional groups attached to an aromatic ring is 1. The van der Waals surface area contributed by atoms with Crippen LogP contribution in [0.2, 0.25) is 5.02 Å². The Labute approximate surface area is 120 Å².